The van der Waals surface area contributed by atoms with Crippen molar-refractivity contribution in [3.05, 3.63) is 112 Å². The second-order valence-electron chi connectivity index (χ2n) is 8.79. The van der Waals surface area contributed by atoms with Crippen LogP contribution in [0.3, 0.4) is 0 Å². The second-order valence-corrected chi connectivity index (χ2v) is 8.79. The second kappa shape index (κ2) is 11.1. The average Bonchev–Trinajstić information content (AvgIpc) is 2.99. The molecule has 5 aromatic rings. The summed E-state index contributed by atoms with van der Waals surface area (Å²) in [5.74, 6) is 1.71. The molecule has 196 valence electrons. The van der Waals surface area contributed by atoms with E-state index < -0.39 is 0 Å². The summed E-state index contributed by atoms with van der Waals surface area (Å²) in [5.41, 5.74) is 3.67. The molecule has 0 aliphatic rings. The molecule has 0 fully saturated rings. The van der Waals surface area contributed by atoms with Gasteiger partial charge in [-0.1, -0.05) is 42.5 Å². The lowest BCUT2D eigenvalue weighted by molar-refractivity contribution is 0.0963. The van der Waals surface area contributed by atoms with Gasteiger partial charge < -0.3 is 23.9 Å². The van der Waals surface area contributed by atoms with Crippen molar-refractivity contribution >= 4 is 16.9 Å². The standard InChI is InChI=1S/C32H27NO6/c1-33-32(35)23-11-9-22(10-12-23)29-27(36-2)18-28(37-3)30-25(34)17-26(39-31(29)30)21-13-15-24(16-14-21)38-19-20-7-5-4-6-8-20/h4-18H,19H2,1-3H3,(H,33,35). The van der Waals surface area contributed by atoms with Crippen LogP contribution in [-0.4, -0.2) is 27.2 Å². The molecular formula is C32H27NO6. The molecule has 4 aromatic carbocycles. The Morgan fingerprint density at radius 1 is 0.821 bits per heavy atom. The number of ether oxygens (including phenoxy) is 3. The molecule has 0 aliphatic heterocycles. The lowest BCUT2D eigenvalue weighted by Crippen LogP contribution is -2.17. The molecule has 0 unspecified atom stereocenters. The number of nitrogens with one attached hydrogen (secondary N) is 1. The highest BCUT2D eigenvalue weighted by molar-refractivity contribution is 6.01. The minimum absolute atomic E-state index is 0.196. The van der Waals surface area contributed by atoms with E-state index in [0.29, 0.717) is 57.3 Å². The summed E-state index contributed by atoms with van der Waals surface area (Å²) in [6.45, 7) is 0.451. The SMILES string of the molecule is CNC(=O)c1ccc(-c2c(OC)cc(OC)c3c(=O)cc(-c4ccc(OCc5ccccc5)cc4)oc23)cc1. The van der Waals surface area contributed by atoms with E-state index in [1.54, 1.807) is 44.5 Å². The van der Waals surface area contributed by atoms with Gasteiger partial charge in [-0.2, -0.15) is 0 Å². The zero-order chi connectivity index (χ0) is 27.4. The van der Waals surface area contributed by atoms with Crippen LogP contribution in [0.2, 0.25) is 0 Å². The van der Waals surface area contributed by atoms with Gasteiger partial charge in [-0.25, -0.2) is 0 Å². The smallest absolute Gasteiger partial charge is 0.251 e. The number of hydrogen-bond donors (Lipinski definition) is 1. The van der Waals surface area contributed by atoms with Crippen molar-refractivity contribution in [1.29, 1.82) is 0 Å². The van der Waals surface area contributed by atoms with Crippen LogP contribution in [0.25, 0.3) is 33.4 Å². The Labute approximate surface area is 225 Å². The van der Waals surface area contributed by atoms with Gasteiger partial charge in [0, 0.05) is 30.3 Å². The van der Waals surface area contributed by atoms with Crippen LogP contribution in [0.1, 0.15) is 15.9 Å². The number of hydrogen-bond acceptors (Lipinski definition) is 6. The fourth-order valence-electron chi connectivity index (χ4n) is 4.40. The van der Waals surface area contributed by atoms with E-state index in [-0.39, 0.29) is 11.3 Å². The molecule has 0 saturated heterocycles. The van der Waals surface area contributed by atoms with Gasteiger partial charge in [-0.05, 0) is 47.5 Å². The predicted octanol–water partition coefficient (Wildman–Crippen LogP) is 6.08. The van der Waals surface area contributed by atoms with Gasteiger partial charge in [-0.3, -0.25) is 9.59 Å². The van der Waals surface area contributed by atoms with Crippen LogP contribution in [0.15, 0.2) is 100 Å². The summed E-state index contributed by atoms with van der Waals surface area (Å²) in [7, 11) is 4.61. The topological polar surface area (TPSA) is 87.0 Å². The van der Waals surface area contributed by atoms with E-state index >= 15 is 0 Å². The largest absolute Gasteiger partial charge is 0.496 e. The number of carbonyl (C=O) groups is 1. The van der Waals surface area contributed by atoms with Crippen LogP contribution in [0, 0.1) is 0 Å². The Morgan fingerprint density at radius 2 is 1.49 bits per heavy atom. The van der Waals surface area contributed by atoms with Crippen LogP contribution in [-0.2, 0) is 6.61 Å². The molecule has 0 bridgehead atoms. The van der Waals surface area contributed by atoms with Gasteiger partial charge in [0.15, 0.2) is 11.0 Å². The quantitative estimate of drug-likeness (QED) is 0.266. The van der Waals surface area contributed by atoms with Crippen molar-refractivity contribution in [3.63, 3.8) is 0 Å². The molecule has 0 radical (unpaired) electrons. The van der Waals surface area contributed by atoms with Crippen molar-refractivity contribution in [2.24, 2.45) is 0 Å². The molecule has 0 saturated carbocycles. The van der Waals surface area contributed by atoms with Crippen LogP contribution >= 0.6 is 0 Å². The Kier molecular flexibility index (Phi) is 7.32. The van der Waals surface area contributed by atoms with E-state index in [9.17, 15) is 9.59 Å². The fourth-order valence-corrected chi connectivity index (χ4v) is 4.40. The molecule has 7 heteroatoms. The van der Waals surface area contributed by atoms with E-state index in [1.165, 1.54) is 13.2 Å². The van der Waals surface area contributed by atoms with Gasteiger partial charge in [0.05, 0.1) is 19.8 Å². The Balaban J connectivity index is 1.58. The summed E-state index contributed by atoms with van der Waals surface area (Å²) >= 11 is 0. The normalized spacial score (nSPS) is 10.7. The highest BCUT2D eigenvalue weighted by atomic mass is 16.5. The molecule has 0 atom stereocenters. The maximum atomic E-state index is 13.4. The molecule has 7 nitrogen and oxygen atoms in total. The van der Waals surface area contributed by atoms with Gasteiger partial charge in [0.2, 0.25) is 0 Å². The Hall–Kier alpha value is -5.04. The Bertz CT molecular complexity index is 1670. The molecule has 39 heavy (non-hydrogen) atoms. The van der Waals surface area contributed by atoms with E-state index in [1.807, 2.05) is 54.6 Å². The van der Waals surface area contributed by atoms with Gasteiger partial charge in [0.25, 0.3) is 5.91 Å². The zero-order valence-electron chi connectivity index (χ0n) is 21.8. The third-order valence-electron chi connectivity index (χ3n) is 6.42. The molecular weight excluding hydrogens is 494 g/mol. The first-order chi connectivity index (χ1) is 19.0. The lowest BCUT2D eigenvalue weighted by atomic mass is 9.99. The first-order valence-electron chi connectivity index (χ1n) is 12.3. The third kappa shape index (κ3) is 5.20. The maximum Gasteiger partial charge on any atom is 0.251 e. The van der Waals surface area contributed by atoms with Crippen molar-refractivity contribution < 1.29 is 23.4 Å². The number of amides is 1. The molecule has 1 amide bonds. The predicted molar refractivity (Wildman–Crippen MR) is 151 cm³/mol. The number of benzene rings is 4. The molecule has 1 heterocycles. The molecule has 0 spiro atoms. The van der Waals surface area contributed by atoms with E-state index in [2.05, 4.69) is 5.32 Å². The van der Waals surface area contributed by atoms with Crippen molar-refractivity contribution in [2.75, 3.05) is 21.3 Å². The summed E-state index contributed by atoms with van der Waals surface area (Å²) in [5, 5.41) is 2.91. The minimum atomic E-state index is -0.251. The number of carbonyl (C=O) groups excluding carboxylic acids is 1. The number of fused-ring (bicyclic) bond motifs is 1. The number of methoxy groups -OCH3 is 2. The summed E-state index contributed by atoms with van der Waals surface area (Å²) in [6, 6.07) is 27.4. The summed E-state index contributed by atoms with van der Waals surface area (Å²) in [4.78, 5) is 25.4. The van der Waals surface area contributed by atoms with Crippen LogP contribution in [0.5, 0.6) is 17.2 Å². The molecule has 1 N–H and O–H groups in total. The van der Waals surface area contributed by atoms with E-state index in [0.717, 1.165) is 11.1 Å². The van der Waals surface area contributed by atoms with Crippen molar-refractivity contribution in [1.82, 2.24) is 5.32 Å². The molecule has 1 aromatic heterocycles. The highest BCUT2D eigenvalue weighted by Gasteiger charge is 2.21. The molecule has 0 aliphatic carbocycles. The van der Waals surface area contributed by atoms with Crippen LogP contribution in [0.4, 0.5) is 0 Å². The van der Waals surface area contributed by atoms with E-state index in [4.69, 9.17) is 18.6 Å². The number of rotatable bonds is 8. The third-order valence-corrected chi connectivity index (χ3v) is 6.42. The zero-order valence-corrected chi connectivity index (χ0v) is 21.8. The minimum Gasteiger partial charge on any atom is -0.496 e. The Morgan fingerprint density at radius 3 is 2.13 bits per heavy atom. The first-order valence-corrected chi connectivity index (χ1v) is 12.3. The summed E-state index contributed by atoms with van der Waals surface area (Å²) in [6.07, 6.45) is 0. The van der Waals surface area contributed by atoms with Crippen molar-refractivity contribution in [2.45, 2.75) is 6.61 Å². The van der Waals surface area contributed by atoms with Gasteiger partial charge in [-0.15, -0.1) is 0 Å². The fraction of sp³-hybridized carbons (Fsp3) is 0.125. The summed E-state index contributed by atoms with van der Waals surface area (Å²) < 4.78 is 23.5. The average molecular weight is 522 g/mol. The van der Waals surface area contributed by atoms with Crippen LogP contribution < -0.4 is 25.0 Å². The van der Waals surface area contributed by atoms with Gasteiger partial charge in [0.1, 0.15) is 35.0 Å². The maximum absolute atomic E-state index is 13.4. The van der Waals surface area contributed by atoms with Gasteiger partial charge >= 0.3 is 0 Å². The lowest BCUT2D eigenvalue weighted by Gasteiger charge is -2.15. The molecule has 5 rings (SSSR count). The van der Waals surface area contributed by atoms with Crippen molar-refractivity contribution in [3.8, 4) is 39.7 Å². The highest BCUT2D eigenvalue weighted by Crippen LogP contribution is 2.42. The monoisotopic (exact) mass is 521 g/mol. The first kappa shape index (κ1) is 25.6.